The van der Waals surface area contributed by atoms with Crippen molar-refractivity contribution in [1.29, 1.82) is 0 Å². The fraction of sp³-hybridized carbons (Fsp3) is 0.370. The first-order valence-electron chi connectivity index (χ1n) is 10.8. The van der Waals surface area contributed by atoms with E-state index in [4.69, 9.17) is 9.47 Å². The van der Waals surface area contributed by atoms with Gasteiger partial charge in [-0.25, -0.2) is 4.39 Å². The quantitative estimate of drug-likeness (QED) is 0.225. The lowest BCUT2D eigenvalue weighted by Gasteiger charge is -2.13. The summed E-state index contributed by atoms with van der Waals surface area (Å²) in [5.74, 6) is -1.28. The van der Waals surface area contributed by atoms with Crippen LogP contribution in [0.4, 0.5) is 4.39 Å². The van der Waals surface area contributed by atoms with Crippen LogP contribution in [0.1, 0.15) is 52.0 Å². The lowest BCUT2D eigenvalue weighted by molar-refractivity contribution is -0.146. The molecule has 0 heterocycles. The Morgan fingerprint density at radius 1 is 1.03 bits per heavy atom. The molecule has 0 bridgehead atoms. The van der Waals surface area contributed by atoms with E-state index in [2.05, 4.69) is 32.9 Å². The zero-order chi connectivity index (χ0) is 22.6. The Morgan fingerprint density at radius 2 is 1.77 bits per heavy atom. The lowest BCUT2D eigenvalue weighted by atomic mass is 9.97. The summed E-state index contributed by atoms with van der Waals surface area (Å²) in [6.45, 7) is 9.02. The number of hydrogen-bond donors (Lipinski definition) is 0. The lowest BCUT2D eigenvalue weighted by Crippen LogP contribution is -2.16. The number of esters is 1. The van der Waals surface area contributed by atoms with Gasteiger partial charge in [-0.3, -0.25) is 4.79 Å². The Hall–Kier alpha value is -2.72. The first kappa shape index (κ1) is 24.5. The second-order valence-electron chi connectivity index (χ2n) is 7.94. The first-order valence-corrected chi connectivity index (χ1v) is 10.8. The number of hydrogen-bond acceptors (Lipinski definition) is 3. The largest absolute Gasteiger partial charge is 0.463 e. The molecule has 1 atom stereocenters. The van der Waals surface area contributed by atoms with Gasteiger partial charge in [-0.2, -0.15) is 0 Å². The highest BCUT2D eigenvalue weighted by Gasteiger charge is 2.18. The molecule has 0 N–H and O–H groups in total. The number of halogens is 1. The van der Waals surface area contributed by atoms with Crippen LogP contribution in [0, 0.1) is 5.82 Å². The van der Waals surface area contributed by atoms with Crippen molar-refractivity contribution < 1.29 is 18.7 Å². The zero-order valence-corrected chi connectivity index (χ0v) is 19.0. The predicted octanol–water partition coefficient (Wildman–Crippen LogP) is 6.85. The Bertz CT molecular complexity index is 896. The van der Waals surface area contributed by atoms with Gasteiger partial charge in [0.05, 0.1) is 19.1 Å². The fourth-order valence-corrected chi connectivity index (χ4v) is 3.09. The van der Waals surface area contributed by atoms with Crippen molar-refractivity contribution in [3.05, 3.63) is 83.2 Å². The van der Waals surface area contributed by atoms with E-state index >= 15 is 0 Å². The van der Waals surface area contributed by atoms with Crippen LogP contribution in [-0.2, 0) is 14.3 Å². The molecule has 0 aliphatic rings. The smallest absolute Gasteiger partial charge is 0.313 e. The minimum absolute atomic E-state index is 0.179. The SMILES string of the molecule is CC(C)=CCC/C(C)=C/COCCOC(=O)C(C)c1ccc(-c2ccccc2)c(F)c1. The topological polar surface area (TPSA) is 35.5 Å². The highest BCUT2D eigenvalue weighted by molar-refractivity contribution is 5.78. The van der Waals surface area contributed by atoms with E-state index in [0.717, 1.165) is 18.4 Å². The van der Waals surface area contributed by atoms with Crippen LogP contribution in [0.25, 0.3) is 11.1 Å². The summed E-state index contributed by atoms with van der Waals surface area (Å²) in [5.41, 5.74) is 4.53. The summed E-state index contributed by atoms with van der Waals surface area (Å²) in [6.07, 6.45) is 6.33. The molecule has 0 aromatic heterocycles. The summed E-state index contributed by atoms with van der Waals surface area (Å²) in [7, 11) is 0. The molecule has 0 saturated carbocycles. The number of rotatable bonds is 11. The maximum Gasteiger partial charge on any atom is 0.313 e. The van der Waals surface area contributed by atoms with Gasteiger partial charge in [0, 0.05) is 5.56 Å². The van der Waals surface area contributed by atoms with Gasteiger partial charge >= 0.3 is 5.97 Å². The van der Waals surface area contributed by atoms with Crippen molar-refractivity contribution in [1.82, 2.24) is 0 Å². The van der Waals surface area contributed by atoms with Crippen molar-refractivity contribution in [2.45, 2.75) is 46.5 Å². The van der Waals surface area contributed by atoms with Gasteiger partial charge < -0.3 is 9.47 Å². The van der Waals surface area contributed by atoms with Crippen LogP contribution in [0.2, 0.25) is 0 Å². The van der Waals surface area contributed by atoms with Gasteiger partial charge in [-0.1, -0.05) is 65.8 Å². The molecular weight excluding hydrogens is 391 g/mol. The van der Waals surface area contributed by atoms with E-state index in [1.54, 1.807) is 19.1 Å². The van der Waals surface area contributed by atoms with Crippen LogP contribution in [0.3, 0.4) is 0 Å². The molecular formula is C27H33FO3. The van der Waals surface area contributed by atoms with Crippen molar-refractivity contribution in [2.75, 3.05) is 19.8 Å². The molecule has 0 aliphatic heterocycles. The van der Waals surface area contributed by atoms with Crippen LogP contribution < -0.4 is 0 Å². The molecule has 0 saturated heterocycles. The molecule has 3 nitrogen and oxygen atoms in total. The molecule has 4 heteroatoms. The Morgan fingerprint density at radius 3 is 2.45 bits per heavy atom. The predicted molar refractivity (Wildman–Crippen MR) is 124 cm³/mol. The van der Waals surface area contributed by atoms with Gasteiger partial charge in [0.2, 0.25) is 0 Å². The van der Waals surface area contributed by atoms with Gasteiger partial charge in [-0.05, 0) is 57.7 Å². The molecule has 166 valence electrons. The second-order valence-corrected chi connectivity index (χ2v) is 7.94. The maximum atomic E-state index is 14.6. The number of benzene rings is 2. The number of carbonyl (C=O) groups is 1. The number of carbonyl (C=O) groups excluding carboxylic acids is 1. The third-order valence-corrected chi connectivity index (χ3v) is 5.04. The van der Waals surface area contributed by atoms with Crippen molar-refractivity contribution in [2.24, 2.45) is 0 Å². The standard InChI is InChI=1S/C27H33FO3/c1-20(2)9-8-10-21(3)15-16-30-17-18-31-27(29)22(4)24-13-14-25(26(28)19-24)23-11-6-5-7-12-23/h5-7,9,11-15,19,22H,8,10,16-18H2,1-4H3/b21-15+. The molecule has 0 fully saturated rings. The summed E-state index contributed by atoms with van der Waals surface area (Å²) >= 11 is 0. The van der Waals surface area contributed by atoms with E-state index < -0.39 is 5.92 Å². The highest BCUT2D eigenvalue weighted by atomic mass is 19.1. The third kappa shape index (κ3) is 8.50. The molecule has 31 heavy (non-hydrogen) atoms. The van der Waals surface area contributed by atoms with E-state index in [9.17, 15) is 9.18 Å². The van der Waals surface area contributed by atoms with E-state index in [0.29, 0.717) is 24.3 Å². The molecule has 0 spiro atoms. The summed E-state index contributed by atoms with van der Waals surface area (Å²) < 4.78 is 25.4. The highest BCUT2D eigenvalue weighted by Crippen LogP contribution is 2.26. The molecule has 2 aromatic rings. The molecule has 2 aromatic carbocycles. The summed E-state index contributed by atoms with van der Waals surface area (Å²) in [6, 6.07) is 14.2. The monoisotopic (exact) mass is 424 g/mol. The van der Waals surface area contributed by atoms with Crippen LogP contribution >= 0.6 is 0 Å². The number of ether oxygens (including phenoxy) is 2. The van der Waals surface area contributed by atoms with E-state index in [1.807, 2.05) is 30.3 Å². The van der Waals surface area contributed by atoms with Crippen molar-refractivity contribution >= 4 is 5.97 Å². The molecule has 0 aliphatic carbocycles. The molecule has 0 amide bonds. The van der Waals surface area contributed by atoms with Crippen LogP contribution in [0.5, 0.6) is 0 Å². The minimum atomic E-state index is -0.545. The van der Waals surface area contributed by atoms with Gasteiger partial charge in [0.25, 0.3) is 0 Å². The van der Waals surface area contributed by atoms with E-state index in [1.165, 1.54) is 17.2 Å². The zero-order valence-electron chi connectivity index (χ0n) is 19.0. The molecule has 2 rings (SSSR count). The number of allylic oxidation sites excluding steroid dienone is 3. The summed E-state index contributed by atoms with van der Waals surface area (Å²) in [5, 5.41) is 0. The first-order chi connectivity index (χ1) is 14.9. The van der Waals surface area contributed by atoms with Crippen LogP contribution in [0.15, 0.2) is 71.8 Å². The Kier molecular flexibility index (Phi) is 10.2. The Balaban J connectivity index is 1.75. The van der Waals surface area contributed by atoms with Crippen molar-refractivity contribution in [3.8, 4) is 11.1 Å². The molecule has 0 radical (unpaired) electrons. The van der Waals surface area contributed by atoms with Gasteiger partial charge in [0.1, 0.15) is 12.4 Å². The minimum Gasteiger partial charge on any atom is -0.463 e. The van der Waals surface area contributed by atoms with Gasteiger partial charge in [0.15, 0.2) is 0 Å². The third-order valence-electron chi connectivity index (χ3n) is 5.04. The van der Waals surface area contributed by atoms with E-state index in [-0.39, 0.29) is 18.4 Å². The maximum absolute atomic E-state index is 14.6. The van der Waals surface area contributed by atoms with Crippen LogP contribution in [-0.4, -0.2) is 25.8 Å². The van der Waals surface area contributed by atoms with Gasteiger partial charge in [-0.15, -0.1) is 0 Å². The fourth-order valence-electron chi connectivity index (χ4n) is 3.09. The normalized spacial score (nSPS) is 12.4. The second kappa shape index (κ2) is 12.9. The molecule has 1 unspecified atom stereocenters. The van der Waals surface area contributed by atoms with Crippen molar-refractivity contribution in [3.63, 3.8) is 0 Å². The summed E-state index contributed by atoms with van der Waals surface area (Å²) in [4.78, 5) is 12.3. The average Bonchev–Trinajstić information content (AvgIpc) is 2.75. The average molecular weight is 425 g/mol. The Labute approximate surface area is 185 Å².